The molecule has 1 aromatic carbocycles. The number of aromatic nitrogens is 7. The number of carboxylic acid groups (broad SMARTS) is 1. The molecule has 5 atom stereocenters. The van der Waals surface area contributed by atoms with Crippen LogP contribution in [0.4, 0.5) is 5.95 Å². The summed E-state index contributed by atoms with van der Waals surface area (Å²) in [5.74, 6) is 5.07. The molecule has 20 nitrogen and oxygen atoms in total. The summed E-state index contributed by atoms with van der Waals surface area (Å²) in [5.41, 5.74) is 6.44. The first-order valence-electron chi connectivity index (χ1n) is 21.4. The van der Waals surface area contributed by atoms with Gasteiger partial charge in [0, 0.05) is 50.5 Å². The Balaban J connectivity index is 1.29. The largest absolute Gasteiger partial charge is 0.478 e. The monoisotopic (exact) mass is 900 g/mol. The lowest BCUT2D eigenvalue weighted by molar-refractivity contribution is -0.119. The molecule has 8 N–H and O–H groups in total. The van der Waals surface area contributed by atoms with Crippen molar-refractivity contribution in [3.8, 4) is 11.8 Å². The van der Waals surface area contributed by atoms with Crippen molar-refractivity contribution in [2.45, 2.75) is 115 Å². The van der Waals surface area contributed by atoms with Crippen LogP contribution < -0.4 is 21.9 Å². The minimum Gasteiger partial charge on any atom is -0.478 e. The number of nitrogens with two attached hydrogens (primary N) is 1. The van der Waals surface area contributed by atoms with E-state index in [-0.39, 0.29) is 79.2 Å². The average Bonchev–Trinajstić information content (AvgIpc) is 3.88. The molecule has 0 saturated carbocycles. The lowest BCUT2D eigenvalue weighted by Gasteiger charge is -2.31. The van der Waals surface area contributed by atoms with Crippen LogP contribution >= 0.6 is 11.6 Å². The molecule has 1 aliphatic rings. The van der Waals surface area contributed by atoms with Crippen LogP contribution in [0, 0.1) is 11.8 Å². The van der Waals surface area contributed by atoms with Crippen LogP contribution in [0.15, 0.2) is 27.9 Å². The first kappa shape index (κ1) is 49.3. The number of aryl methyl sites for hydroxylation is 1. The average molecular weight is 901 g/mol. The summed E-state index contributed by atoms with van der Waals surface area (Å²) < 4.78 is 11.5. The summed E-state index contributed by atoms with van der Waals surface area (Å²) in [5, 5.41) is 68.9. The minimum absolute atomic E-state index is 0.0283. The van der Waals surface area contributed by atoms with E-state index in [9.17, 15) is 39.9 Å². The van der Waals surface area contributed by atoms with Crippen molar-refractivity contribution >= 4 is 34.7 Å². The fourth-order valence-corrected chi connectivity index (χ4v) is 8.06. The predicted octanol–water partition coefficient (Wildman–Crippen LogP) is -0.0836. The maximum Gasteiger partial charge on any atom is 0.336 e. The van der Waals surface area contributed by atoms with Gasteiger partial charge in [-0.1, -0.05) is 48.9 Å². The molecule has 4 unspecified atom stereocenters. The van der Waals surface area contributed by atoms with Crippen molar-refractivity contribution in [1.82, 2.24) is 38.6 Å². The highest BCUT2D eigenvalue weighted by Gasteiger charge is 2.32. The Morgan fingerprint density at radius 2 is 1.86 bits per heavy atom. The van der Waals surface area contributed by atoms with Gasteiger partial charge < -0.3 is 46.0 Å². The van der Waals surface area contributed by atoms with Gasteiger partial charge in [0.15, 0.2) is 11.2 Å². The van der Waals surface area contributed by atoms with Crippen LogP contribution in [0.25, 0.3) is 11.2 Å². The maximum absolute atomic E-state index is 14.3. The number of unbranched alkanes of at least 4 members (excludes halogenated alkanes) is 3. The number of aliphatic hydroxyl groups excluding tert-OH is 5. The van der Waals surface area contributed by atoms with Gasteiger partial charge in [0.2, 0.25) is 5.95 Å². The van der Waals surface area contributed by atoms with E-state index in [0.717, 1.165) is 43.1 Å². The molecular formula is C42H61ClN10O10. The number of fused-ring (bicyclic) bond motifs is 1. The number of aromatic carboxylic acids is 1. The molecule has 1 fully saturated rings. The van der Waals surface area contributed by atoms with Crippen LogP contribution in [0.5, 0.6) is 0 Å². The summed E-state index contributed by atoms with van der Waals surface area (Å²) >= 11 is 6.41. The second-order valence-corrected chi connectivity index (χ2v) is 16.4. The number of ether oxygens (including phenoxy) is 1. The Kier molecular flexibility index (Phi) is 18.2. The van der Waals surface area contributed by atoms with E-state index < -0.39 is 48.2 Å². The maximum atomic E-state index is 14.3. The number of rotatable bonds is 24. The third-order valence-corrected chi connectivity index (χ3v) is 11.5. The molecular weight excluding hydrogens is 840 g/mol. The van der Waals surface area contributed by atoms with E-state index in [1.54, 1.807) is 28.4 Å². The first-order chi connectivity index (χ1) is 30.2. The summed E-state index contributed by atoms with van der Waals surface area (Å²) in [7, 11) is 1.52. The van der Waals surface area contributed by atoms with Gasteiger partial charge in [0.05, 0.1) is 56.8 Å². The molecule has 0 bridgehead atoms. The number of benzene rings is 1. The number of anilines is 1. The summed E-state index contributed by atoms with van der Waals surface area (Å²) in [6.07, 6.45) is 1.04. The molecule has 1 aliphatic heterocycles. The zero-order valence-corrected chi connectivity index (χ0v) is 36.9. The van der Waals surface area contributed by atoms with E-state index in [2.05, 4.69) is 29.1 Å². The third kappa shape index (κ3) is 12.5. The van der Waals surface area contributed by atoms with Gasteiger partial charge in [0.25, 0.3) is 5.56 Å². The number of imidazole rings is 1. The third-order valence-electron chi connectivity index (χ3n) is 11.3. The lowest BCUT2D eigenvalue weighted by Crippen LogP contribution is -2.49. The molecule has 1 saturated heterocycles. The smallest absolute Gasteiger partial charge is 0.336 e. The van der Waals surface area contributed by atoms with Gasteiger partial charge in [-0.3, -0.25) is 23.4 Å². The molecule has 5 rings (SSSR count). The summed E-state index contributed by atoms with van der Waals surface area (Å²) in [6.45, 7) is 5.45. The van der Waals surface area contributed by atoms with Crippen molar-refractivity contribution in [2.75, 3.05) is 50.9 Å². The summed E-state index contributed by atoms with van der Waals surface area (Å²) in [4.78, 5) is 49.4. The van der Waals surface area contributed by atoms with Crippen LogP contribution in [-0.4, -0.2) is 152 Å². The van der Waals surface area contributed by atoms with E-state index in [1.165, 1.54) is 17.7 Å². The highest BCUT2D eigenvalue weighted by Crippen LogP contribution is 2.25. The zero-order chi connectivity index (χ0) is 45.8. The van der Waals surface area contributed by atoms with Crippen molar-refractivity contribution in [2.24, 2.45) is 12.8 Å². The van der Waals surface area contributed by atoms with Crippen molar-refractivity contribution in [3.05, 3.63) is 66.6 Å². The van der Waals surface area contributed by atoms with Gasteiger partial charge in [-0.15, -0.1) is 11.0 Å². The van der Waals surface area contributed by atoms with Gasteiger partial charge in [0.1, 0.15) is 18.3 Å². The standard InChI is InChI=1S/C42H61ClN10O10/c1-4-6-8-9-13-49(25-33(55)36(57)37(58)34(56)26-54)22-30-23-51(47-46-30)16-18-63-17-12-27-19-28(43)20-31(40(60)61)32(27)24-53-39(59)35-38(48(3)42(53)62)45-41(52(35)15-7-5-2)50-14-10-11-29(44)21-50/h19-20,23,29,33-34,36-37,54-58H,4,6,8-18,21-22,24-26,44H2,1-3H3,(H,60,61)/t29-,33?,34?,36?,37?/m1/s1. The van der Waals surface area contributed by atoms with Crippen molar-refractivity contribution < 1.29 is 40.2 Å². The number of halogens is 1. The Hall–Kier alpha value is -4.69. The van der Waals surface area contributed by atoms with Gasteiger partial charge in [-0.05, 0) is 62.4 Å². The van der Waals surface area contributed by atoms with Gasteiger partial charge in [-0.25, -0.2) is 14.3 Å². The highest BCUT2D eigenvalue weighted by molar-refractivity contribution is 6.31. The molecule has 63 heavy (non-hydrogen) atoms. The molecule has 0 amide bonds. The number of hydrogen-bond donors (Lipinski definition) is 7. The molecule has 346 valence electrons. The van der Waals surface area contributed by atoms with Gasteiger partial charge in [-0.2, -0.15) is 4.98 Å². The lowest BCUT2D eigenvalue weighted by atomic mass is 9.98. The molecule has 21 heteroatoms. The number of nitrogens with zero attached hydrogens (tertiary/aromatic N) is 9. The van der Waals surface area contributed by atoms with Crippen molar-refractivity contribution in [3.63, 3.8) is 0 Å². The Morgan fingerprint density at radius 3 is 2.56 bits per heavy atom. The quantitative estimate of drug-likeness (QED) is 0.0358. The highest BCUT2D eigenvalue weighted by atomic mass is 35.5. The SMILES string of the molecule is CC#CCn1c(N2CCC[C@@H](N)C2)nc2c1c(=O)n(Cc1c(CCOCCn3cc(CN(CCCCCC)CC(O)C(O)C(O)C(O)CO)nn3)cc(Cl)cc1C(=O)O)c(=O)n2C. The Labute approximate surface area is 370 Å². The van der Waals surface area contributed by atoms with Crippen LogP contribution in [-0.2, 0) is 44.4 Å². The number of hydrogen-bond acceptors (Lipinski definition) is 15. The fraction of sp³-hybridized carbons (Fsp3) is 0.619. The van der Waals surface area contributed by atoms with Gasteiger partial charge >= 0.3 is 11.7 Å². The van der Waals surface area contributed by atoms with E-state index >= 15 is 0 Å². The first-order valence-corrected chi connectivity index (χ1v) is 21.7. The second kappa shape index (κ2) is 23.3. The number of carboxylic acids is 1. The number of carbonyl (C=O) groups is 1. The fourth-order valence-electron chi connectivity index (χ4n) is 7.82. The second-order valence-electron chi connectivity index (χ2n) is 16.0. The van der Waals surface area contributed by atoms with Crippen LogP contribution in [0.2, 0.25) is 5.02 Å². The predicted molar refractivity (Wildman–Crippen MR) is 235 cm³/mol. The Morgan fingerprint density at radius 1 is 1.10 bits per heavy atom. The number of piperidine rings is 1. The molecule has 4 heterocycles. The van der Waals surface area contributed by atoms with E-state index in [0.29, 0.717) is 43.4 Å². The van der Waals surface area contributed by atoms with E-state index in [4.69, 9.17) is 32.2 Å². The Bertz CT molecular complexity index is 2340. The molecule has 0 radical (unpaired) electrons. The van der Waals surface area contributed by atoms with E-state index in [1.807, 2.05) is 9.80 Å². The molecule has 4 aromatic rings. The van der Waals surface area contributed by atoms with Crippen LogP contribution in [0.1, 0.15) is 79.6 Å². The topological polar surface area (TPSA) is 273 Å². The van der Waals surface area contributed by atoms with Crippen LogP contribution in [0.3, 0.4) is 0 Å². The van der Waals surface area contributed by atoms with Crippen molar-refractivity contribution in [1.29, 1.82) is 0 Å². The normalized spacial score (nSPS) is 16.3. The molecule has 0 spiro atoms. The summed E-state index contributed by atoms with van der Waals surface area (Å²) in [6, 6.07) is 2.81. The molecule has 3 aromatic heterocycles. The number of aliphatic hydroxyl groups is 5. The molecule has 0 aliphatic carbocycles. The minimum atomic E-state index is -1.73. The zero-order valence-electron chi connectivity index (χ0n) is 36.1.